The molecule has 0 atom stereocenters. The summed E-state index contributed by atoms with van der Waals surface area (Å²) in [6.45, 7) is 6.21. The Morgan fingerprint density at radius 2 is 1.95 bits per heavy atom. The van der Waals surface area contributed by atoms with Crippen molar-refractivity contribution >= 4 is 0 Å². The highest BCUT2D eigenvalue weighted by atomic mass is 16.5. The van der Waals surface area contributed by atoms with Crippen LogP contribution in [0, 0.1) is 6.92 Å². The van der Waals surface area contributed by atoms with E-state index < -0.39 is 0 Å². The zero-order chi connectivity index (χ0) is 14.2. The Balaban J connectivity index is 1.90. The first kappa shape index (κ1) is 15.3. The first-order chi connectivity index (χ1) is 9.79. The van der Waals surface area contributed by atoms with Crippen LogP contribution in [-0.2, 0) is 6.54 Å². The van der Waals surface area contributed by atoms with Crippen LogP contribution in [0.5, 0.6) is 5.88 Å². The van der Waals surface area contributed by atoms with Crippen LogP contribution in [0.1, 0.15) is 63.1 Å². The number of hydrogen-bond donors (Lipinski definition) is 1. The molecular formula is C17H28N2O. The summed E-state index contributed by atoms with van der Waals surface area (Å²) in [4.78, 5) is 4.61. The topological polar surface area (TPSA) is 34.1 Å². The smallest absolute Gasteiger partial charge is 0.213 e. The van der Waals surface area contributed by atoms with Crippen molar-refractivity contribution in [1.29, 1.82) is 0 Å². The summed E-state index contributed by atoms with van der Waals surface area (Å²) in [5.41, 5.74) is 2.35. The number of ether oxygens (including phenoxy) is 1. The molecule has 0 aromatic carbocycles. The Morgan fingerprint density at radius 1 is 1.20 bits per heavy atom. The predicted molar refractivity (Wildman–Crippen MR) is 83.1 cm³/mol. The number of hydrogen-bond acceptors (Lipinski definition) is 3. The van der Waals surface area contributed by atoms with Crippen molar-refractivity contribution < 1.29 is 4.74 Å². The lowest BCUT2D eigenvalue weighted by Crippen LogP contribution is -2.17. The molecule has 3 nitrogen and oxygen atoms in total. The van der Waals surface area contributed by atoms with Gasteiger partial charge in [-0.1, -0.05) is 25.8 Å². The van der Waals surface area contributed by atoms with Gasteiger partial charge in [-0.2, -0.15) is 0 Å². The monoisotopic (exact) mass is 276 g/mol. The van der Waals surface area contributed by atoms with Gasteiger partial charge < -0.3 is 10.1 Å². The third kappa shape index (κ3) is 4.78. The maximum Gasteiger partial charge on any atom is 0.213 e. The molecular weight excluding hydrogens is 248 g/mol. The van der Waals surface area contributed by atoms with Crippen molar-refractivity contribution in [3.05, 3.63) is 23.4 Å². The zero-order valence-electron chi connectivity index (χ0n) is 13.0. The standard InChI is InChI=1S/C17H28N2O/c1-3-12-18-13-15-10-11-17(19-14(15)2)20-16-8-6-4-5-7-9-16/h10-11,16,18H,3-9,12-13H2,1-2H3. The summed E-state index contributed by atoms with van der Waals surface area (Å²) in [6.07, 6.45) is 9.19. The number of rotatable bonds is 6. The highest BCUT2D eigenvalue weighted by Gasteiger charge is 2.14. The Bertz CT molecular complexity index is 398. The fraction of sp³-hybridized carbons (Fsp3) is 0.706. The molecule has 20 heavy (non-hydrogen) atoms. The fourth-order valence-corrected chi connectivity index (χ4v) is 2.75. The second kappa shape index (κ2) is 8.25. The highest BCUT2D eigenvalue weighted by Crippen LogP contribution is 2.22. The van der Waals surface area contributed by atoms with E-state index in [1.807, 2.05) is 6.07 Å². The SMILES string of the molecule is CCCNCc1ccc(OC2CCCCCC2)nc1C. The first-order valence-corrected chi connectivity index (χ1v) is 8.13. The van der Waals surface area contributed by atoms with E-state index in [1.165, 1.54) is 44.1 Å². The maximum atomic E-state index is 6.07. The van der Waals surface area contributed by atoms with Gasteiger partial charge in [-0.25, -0.2) is 4.98 Å². The summed E-state index contributed by atoms with van der Waals surface area (Å²) < 4.78 is 6.07. The largest absolute Gasteiger partial charge is 0.474 e. The molecule has 0 spiro atoms. The Kier molecular flexibility index (Phi) is 6.31. The Labute approximate surface area is 123 Å². The van der Waals surface area contributed by atoms with Crippen molar-refractivity contribution in [2.75, 3.05) is 6.54 Å². The first-order valence-electron chi connectivity index (χ1n) is 8.13. The summed E-state index contributed by atoms with van der Waals surface area (Å²) in [5.74, 6) is 0.800. The normalized spacial score (nSPS) is 16.9. The number of nitrogens with zero attached hydrogens (tertiary/aromatic N) is 1. The molecule has 1 fully saturated rings. The van der Waals surface area contributed by atoms with E-state index in [0.29, 0.717) is 6.10 Å². The van der Waals surface area contributed by atoms with Crippen molar-refractivity contribution in [3.63, 3.8) is 0 Å². The summed E-state index contributed by atoms with van der Waals surface area (Å²) in [7, 11) is 0. The van der Waals surface area contributed by atoms with E-state index in [1.54, 1.807) is 0 Å². The average Bonchev–Trinajstić information content (AvgIpc) is 2.70. The van der Waals surface area contributed by atoms with E-state index in [2.05, 4.69) is 30.2 Å². The third-order valence-corrected chi connectivity index (χ3v) is 4.00. The highest BCUT2D eigenvalue weighted by molar-refractivity contribution is 5.25. The Hall–Kier alpha value is -1.09. The van der Waals surface area contributed by atoms with Crippen molar-refractivity contribution in [1.82, 2.24) is 10.3 Å². The number of aryl methyl sites for hydroxylation is 1. The summed E-state index contributed by atoms with van der Waals surface area (Å²) in [6, 6.07) is 4.18. The van der Waals surface area contributed by atoms with Gasteiger partial charge >= 0.3 is 0 Å². The van der Waals surface area contributed by atoms with Crippen LogP contribution in [0.3, 0.4) is 0 Å². The van der Waals surface area contributed by atoms with Gasteiger partial charge in [-0.15, -0.1) is 0 Å². The second-order valence-electron chi connectivity index (χ2n) is 5.80. The molecule has 2 rings (SSSR count). The number of nitrogens with one attached hydrogen (secondary N) is 1. The van der Waals surface area contributed by atoms with Gasteiger partial charge in [0.2, 0.25) is 5.88 Å². The lowest BCUT2D eigenvalue weighted by Gasteiger charge is -2.17. The molecule has 0 aliphatic heterocycles. The molecule has 0 bridgehead atoms. The van der Waals surface area contributed by atoms with Gasteiger partial charge in [0, 0.05) is 18.3 Å². The van der Waals surface area contributed by atoms with Gasteiger partial charge in [0.25, 0.3) is 0 Å². The molecule has 1 saturated carbocycles. The quantitative estimate of drug-likeness (QED) is 0.630. The van der Waals surface area contributed by atoms with Crippen molar-refractivity contribution in [2.24, 2.45) is 0 Å². The van der Waals surface area contributed by atoms with Crippen LogP contribution >= 0.6 is 0 Å². The molecule has 3 heteroatoms. The molecule has 1 aromatic heterocycles. The van der Waals surface area contributed by atoms with E-state index in [9.17, 15) is 0 Å². The number of pyridine rings is 1. The van der Waals surface area contributed by atoms with E-state index >= 15 is 0 Å². The van der Waals surface area contributed by atoms with Crippen LogP contribution in [0.2, 0.25) is 0 Å². The minimum Gasteiger partial charge on any atom is -0.474 e. The molecule has 0 amide bonds. The van der Waals surface area contributed by atoms with Crippen molar-refractivity contribution in [2.45, 2.75) is 71.4 Å². The lowest BCUT2D eigenvalue weighted by molar-refractivity contribution is 0.176. The van der Waals surface area contributed by atoms with E-state index in [0.717, 1.165) is 31.1 Å². The lowest BCUT2D eigenvalue weighted by atomic mass is 10.1. The summed E-state index contributed by atoms with van der Waals surface area (Å²) >= 11 is 0. The third-order valence-electron chi connectivity index (χ3n) is 4.00. The molecule has 1 N–H and O–H groups in total. The Morgan fingerprint density at radius 3 is 2.60 bits per heavy atom. The minimum atomic E-state index is 0.369. The molecule has 0 saturated heterocycles. The van der Waals surface area contributed by atoms with Crippen LogP contribution < -0.4 is 10.1 Å². The molecule has 0 radical (unpaired) electrons. The molecule has 1 aliphatic carbocycles. The van der Waals surface area contributed by atoms with Gasteiger partial charge in [0.1, 0.15) is 6.10 Å². The second-order valence-corrected chi connectivity index (χ2v) is 5.80. The van der Waals surface area contributed by atoms with Crippen molar-refractivity contribution in [3.8, 4) is 5.88 Å². The van der Waals surface area contributed by atoms with Crippen LogP contribution in [0.15, 0.2) is 12.1 Å². The van der Waals surface area contributed by atoms with E-state index in [-0.39, 0.29) is 0 Å². The van der Waals surface area contributed by atoms with Gasteiger partial charge in [-0.3, -0.25) is 0 Å². The number of aromatic nitrogens is 1. The fourth-order valence-electron chi connectivity index (χ4n) is 2.75. The average molecular weight is 276 g/mol. The summed E-state index contributed by atoms with van der Waals surface area (Å²) in [5, 5.41) is 3.42. The predicted octanol–water partition coefficient (Wildman–Crippen LogP) is 3.99. The molecule has 1 heterocycles. The van der Waals surface area contributed by atoms with Crippen LogP contribution in [0.25, 0.3) is 0 Å². The van der Waals surface area contributed by atoms with E-state index in [4.69, 9.17) is 4.74 Å². The molecule has 112 valence electrons. The van der Waals surface area contributed by atoms with Crippen LogP contribution in [-0.4, -0.2) is 17.6 Å². The van der Waals surface area contributed by atoms with Gasteiger partial charge in [0.05, 0.1) is 0 Å². The molecule has 0 unspecified atom stereocenters. The molecule has 1 aromatic rings. The van der Waals surface area contributed by atoms with Gasteiger partial charge in [-0.05, 0) is 51.1 Å². The minimum absolute atomic E-state index is 0.369. The van der Waals surface area contributed by atoms with Gasteiger partial charge in [0.15, 0.2) is 0 Å². The maximum absolute atomic E-state index is 6.07. The van der Waals surface area contributed by atoms with Crippen LogP contribution in [0.4, 0.5) is 0 Å². The molecule has 1 aliphatic rings. The zero-order valence-corrected chi connectivity index (χ0v) is 13.0.